The Morgan fingerprint density at radius 3 is 2.45 bits per heavy atom. The number of nitrogens with one attached hydrogen (secondary N) is 2. The average Bonchev–Trinajstić information content (AvgIpc) is 2.75. The summed E-state index contributed by atoms with van der Waals surface area (Å²) in [6, 6.07) is -2.18. The highest BCUT2D eigenvalue weighted by Crippen LogP contribution is 2.09. The zero-order chi connectivity index (χ0) is 15.3. The first kappa shape index (κ1) is 15.5. The fourth-order valence-corrected chi connectivity index (χ4v) is 1.39. The van der Waals surface area contributed by atoms with Gasteiger partial charge < -0.3 is 20.8 Å². The molecule has 0 aliphatic rings. The second-order valence-electron chi connectivity index (χ2n) is 4.39. The van der Waals surface area contributed by atoms with E-state index in [1.54, 1.807) is 10.9 Å². The number of carboxylic acid groups (broad SMARTS) is 2. The molecule has 0 radical (unpaired) electrons. The molecule has 0 fully saturated rings. The van der Waals surface area contributed by atoms with E-state index >= 15 is 0 Å². The van der Waals surface area contributed by atoms with Crippen molar-refractivity contribution in [1.82, 2.24) is 15.1 Å². The number of aromatic nitrogens is 2. The molecule has 4 N–H and O–H groups in total. The van der Waals surface area contributed by atoms with Crippen molar-refractivity contribution >= 4 is 23.7 Å². The van der Waals surface area contributed by atoms with Gasteiger partial charge in [0, 0.05) is 12.2 Å². The lowest BCUT2D eigenvalue weighted by Gasteiger charge is -2.12. The van der Waals surface area contributed by atoms with Gasteiger partial charge in [0.25, 0.3) is 0 Å². The molecule has 0 aliphatic heterocycles. The summed E-state index contributed by atoms with van der Waals surface area (Å²) in [7, 11) is 0. The fourth-order valence-electron chi connectivity index (χ4n) is 1.39. The minimum absolute atomic E-state index is 0.118. The zero-order valence-corrected chi connectivity index (χ0v) is 11.0. The molecule has 2 amide bonds. The first-order valence-electron chi connectivity index (χ1n) is 5.86. The van der Waals surface area contributed by atoms with Crippen LogP contribution in [0.2, 0.25) is 0 Å². The summed E-state index contributed by atoms with van der Waals surface area (Å²) in [4.78, 5) is 32.9. The highest BCUT2D eigenvalue weighted by molar-refractivity contribution is 5.93. The van der Waals surface area contributed by atoms with E-state index in [2.05, 4.69) is 15.7 Å². The Morgan fingerprint density at radius 2 is 2.00 bits per heavy atom. The zero-order valence-electron chi connectivity index (χ0n) is 11.0. The van der Waals surface area contributed by atoms with Crippen LogP contribution in [0.5, 0.6) is 0 Å². The summed E-state index contributed by atoms with van der Waals surface area (Å²) >= 11 is 0. The van der Waals surface area contributed by atoms with E-state index in [0.717, 1.165) is 0 Å². The molecule has 110 valence electrons. The highest BCUT2D eigenvalue weighted by Gasteiger charge is 2.23. The van der Waals surface area contributed by atoms with Crippen LogP contribution in [0.3, 0.4) is 0 Å². The third-order valence-electron chi connectivity index (χ3n) is 2.37. The summed E-state index contributed by atoms with van der Waals surface area (Å²) in [6.45, 7) is 3.81. The van der Waals surface area contributed by atoms with E-state index in [1.807, 2.05) is 13.8 Å². The van der Waals surface area contributed by atoms with Gasteiger partial charge in [-0.15, -0.1) is 0 Å². The molecule has 0 bridgehead atoms. The first-order valence-corrected chi connectivity index (χ1v) is 5.86. The Hall–Kier alpha value is -2.58. The Morgan fingerprint density at radius 1 is 1.35 bits per heavy atom. The van der Waals surface area contributed by atoms with Crippen LogP contribution in [-0.4, -0.2) is 44.0 Å². The standard InChI is InChI=1S/C11H16N4O5/c1-6(2)15-5-7(4-12-15)13-11(20)14-8(10(18)19)3-9(16)17/h4-6,8H,3H2,1-2H3,(H,16,17)(H,18,19)(H2,13,14,20). The average molecular weight is 284 g/mol. The quantitative estimate of drug-likeness (QED) is 0.601. The summed E-state index contributed by atoms with van der Waals surface area (Å²) in [5.74, 6) is -2.73. The van der Waals surface area contributed by atoms with Crippen molar-refractivity contribution in [2.75, 3.05) is 5.32 Å². The van der Waals surface area contributed by atoms with Gasteiger partial charge in [-0.3, -0.25) is 9.48 Å². The molecule has 1 atom stereocenters. The van der Waals surface area contributed by atoms with E-state index in [4.69, 9.17) is 10.2 Å². The first-order chi connectivity index (χ1) is 9.29. The number of hydrogen-bond donors (Lipinski definition) is 4. The number of rotatable bonds is 6. The largest absolute Gasteiger partial charge is 0.481 e. The van der Waals surface area contributed by atoms with Gasteiger partial charge in [-0.05, 0) is 13.8 Å². The van der Waals surface area contributed by atoms with E-state index in [9.17, 15) is 14.4 Å². The van der Waals surface area contributed by atoms with E-state index in [-0.39, 0.29) is 6.04 Å². The van der Waals surface area contributed by atoms with Crippen LogP contribution >= 0.6 is 0 Å². The van der Waals surface area contributed by atoms with Gasteiger partial charge in [-0.1, -0.05) is 0 Å². The lowest BCUT2D eigenvalue weighted by molar-refractivity contribution is -0.145. The second kappa shape index (κ2) is 6.55. The topological polar surface area (TPSA) is 134 Å². The van der Waals surface area contributed by atoms with Crippen molar-refractivity contribution in [3.05, 3.63) is 12.4 Å². The predicted octanol–water partition coefficient (Wildman–Crippen LogP) is 0.513. The summed E-state index contributed by atoms with van der Waals surface area (Å²) in [6.07, 6.45) is 2.29. The third-order valence-corrected chi connectivity index (χ3v) is 2.37. The summed E-state index contributed by atoms with van der Waals surface area (Å²) < 4.78 is 1.61. The maximum absolute atomic E-state index is 11.6. The van der Waals surface area contributed by atoms with Crippen LogP contribution in [0.25, 0.3) is 0 Å². The molecule has 1 unspecified atom stereocenters. The number of urea groups is 1. The molecular formula is C11H16N4O5. The molecule has 1 aromatic heterocycles. The van der Waals surface area contributed by atoms with Crippen LogP contribution in [0.4, 0.5) is 10.5 Å². The predicted molar refractivity (Wildman–Crippen MR) is 68.4 cm³/mol. The molecule has 0 aliphatic carbocycles. The number of aliphatic carboxylic acids is 2. The number of carbonyl (C=O) groups is 3. The maximum Gasteiger partial charge on any atom is 0.326 e. The number of nitrogens with zero attached hydrogens (tertiary/aromatic N) is 2. The molecule has 20 heavy (non-hydrogen) atoms. The van der Waals surface area contributed by atoms with Gasteiger partial charge in [0.15, 0.2) is 0 Å². The third kappa shape index (κ3) is 4.59. The van der Waals surface area contributed by atoms with Crippen LogP contribution in [-0.2, 0) is 9.59 Å². The number of amides is 2. The molecule has 1 rings (SSSR count). The highest BCUT2D eigenvalue weighted by atomic mass is 16.4. The number of anilines is 1. The summed E-state index contributed by atoms with van der Waals surface area (Å²) in [5.41, 5.74) is 0.385. The molecular weight excluding hydrogens is 268 g/mol. The molecule has 1 aromatic rings. The SMILES string of the molecule is CC(C)n1cc(NC(=O)NC(CC(=O)O)C(=O)O)cn1. The Labute approximate surface area is 114 Å². The number of carbonyl (C=O) groups excluding carboxylic acids is 1. The van der Waals surface area contributed by atoms with E-state index < -0.39 is 30.4 Å². The number of carboxylic acids is 2. The van der Waals surface area contributed by atoms with Crippen LogP contribution in [0, 0.1) is 0 Å². The van der Waals surface area contributed by atoms with Crippen LogP contribution in [0.15, 0.2) is 12.4 Å². The molecule has 9 heteroatoms. The molecule has 1 heterocycles. The second-order valence-corrected chi connectivity index (χ2v) is 4.39. The minimum Gasteiger partial charge on any atom is -0.481 e. The molecule has 0 saturated heterocycles. The number of hydrogen-bond acceptors (Lipinski definition) is 4. The van der Waals surface area contributed by atoms with E-state index in [0.29, 0.717) is 5.69 Å². The monoisotopic (exact) mass is 284 g/mol. The Bertz CT molecular complexity index is 511. The smallest absolute Gasteiger partial charge is 0.326 e. The van der Waals surface area contributed by atoms with Gasteiger partial charge in [0.05, 0.1) is 18.3 Å². The van der Waals surface area contributed by atoms with Crippen LogP contribution < -0.4 is 10.6 Å². The fraction of sp³-hybridized carbons (Fsp3) is 0.455. The lowest BCUT2D eigenvalue weighted by atomic mass is 10.2. The van der Waals surface area contributed by atoms with Crippen molar-refractivity contribution in [1.29, 1.82) is 0 Å². The minimum atomic E-state index is -1.49. The van der Waals surface area contributed by atoms with Gasteiger partial charge in [-0.25, -0.2) is 9.59 Å². The molecule has 0 saturated carbocycles. The van der Waals surface area contributed by atoms with Crippen molar-refractivity contribution in [3.8, 4) is 0 Å². The van der Waals surface area contributed by atoms with Crippen molar-refractivity contribution in [3.63, 3.8) is 0 Å². The normalized spacial score (nSPS) is 11.9. The summed E-state index contributed by atoms with van der Waals surface area (Å²) in [5, 5.41) is 25.8. The van der Waals surface area contributed by atoms with Gasteiger partial charge in [0.1, 0.15) is 6.04 Å². The van der Waals surface area contributed by atoms with Crippen molar-refractivity contribution in [2.45, 2.75) is 32.4 Å². The van der Waals surface area contributed by atoms with Crippen LogP contribution in [0.1, 0.15) is 26.3 Å². The maximum atomic E-state index is 11.6. The van der Waals surface area contributed by atoms with Crippen molar-refractivity contribution < 1.29 is 24.6 Å². The van der Waals surface area contributed by atoms with E-state index in [1.165, 1.54) is 6.20 Å². The van der Waals surface area contributed by atoms with Gasteiger partial charge in [0.2, 0.25) is 0 Å². The lowest BCUT2D eigenvalue weighted by Crippen LogP contribution is -2.44. The molecule has 0 aromatic carbocycles. The molecule has 0 spiro atoms. The van der Waals surface area contributed by atoms with Gasteiger partial charge in [-0.2, -0.15) is 5.10 Å². The molecule has 9 nitrogen and oxygen atoms in total. The Balaban J connectivity index is 2.60. The Kier molecular flexibility index (Phi) is 5.07. The van der Waals surface area contributed by atoms with Crippen molar-refractivity contribution in [2.24, 2.45) is 0 Å². The van der Waals surface area contributed by atoms with Gasteiger partial charge >= 0.3 is 18.0 Å².